The smallest absolute Gasteiger partial charge is 0.229 e. The Bertz CT molecular complexity index is 420. The fourth-order valence-corrected chi connectivity index (χ4v) is 0.777. The zero-order valence-electron chi connectivity index (χ0n) is 7.25. The number of amides is 1. The molecule has 0 aromatic carbocycles. The zero-order valence-corrected chi connectivity index (χ0v) is 7.25. The Morgan fingerprint density at radius 3 is 3.00 bits per heavy atom. The van der Waals surface area contributed by atoms with E-state index in [1.54, 1.807) is 0 Å². The Morgan fingerprint density at radius 1 is 1.64 bits per heavy atom. The van der Waals surface area contributed by atoms with Crippen molar-refractivity contribution in [1.82, 2.24) is 4.98 Å². The third kappa shape index (κ3) is 2.75. The highest BCUT2D eigenvalue weighted by Gasteiger charge is 1.98. The number of halogens is 1. The molecule has 0 saturated heterocycles. The molecule has 1 rings (SSSR count). The van der Waals surface area contributed by atoms with Crippen LogP contribution in [0.4, 0.5) is 10.2 Å². The van der Waals surface area contributed by atoms with Crippen LogP contribution >= 0.6 is 0 Å². The van der Waals surface area contributed by atoms with Gasteiger partial charge in [-0.05, 0) is 6.07 Å². The van der Waals surface area contributed by atoms with Gasteiger partial charge in [0.25, 0.3) is 0 Å². The molecule has 1 aromatic rings. The molecule has 4 nitrogen and oxygen atoms in total. The summed E-state index contributed by atoms with van der Waals surface area (Å²) in [4.78, 5) is 13.9. The van der Waals surface area contributed by atoms with E-state index < -0.39 is 11.7 Å². The molecule has 1 aromatic heterocycles. The number of carbonyl (C=O) groups is 1. The highest BCUT2D eigenvalue weighted by molar-refractivity contribution is 5.76. The van der Waals surface area contributed by atoms with E-state index in [4.69, 9.17) is 11.5 Å². The summed E-state index contributed by atoms with van der Waals surface area (Å²) in [7, 11) is 0. The first kappa shape index (κ1) is 9.99. The average Bonchev–Trinajstić information content (AvgIpc) is 2.10. The number of hydrogen-bond donors (Lipinski definition) is 2. The first-order chi connectivity index (χ1) is 6.59. The first-order valence-corrected chi connectivity index (χ1v) is 3.78. The highest BCUT2D eigenvalue weighted by atomic mass is 19.1. The van der Waals surface area contributed by atoms with E-state index in [9.17, 15) is 9.18 Å². The van der Waals surface area contributed by atoms with E-state index in [1.807, 2.05) is 0 Å². The zero-order chi connectivity index (χ0) is 10.6. The van der Waals surface area contributed by atoms with Gasteiger partial charge in [0.05, 0.1) is 18.2 Å². The maximum atomic E-state index is 12.7. The number of anilines is 1. The van der Waals surface area contributed by atoms with Crippen molar-refractivity contribution in [1.29, 1.82) is 0 Å². The fraction of sp³-hybridized carbons (Fsp3) is 0.111. The van der Waals surface area contributed by atoms with E-state index in [0.29, 0.717) is 0 Å². The van der Waals surface area contributed by atoms with Crippen LogP contribution in [0.5, 0.6) is 0 Å². The lowest BCUT2D eigenvalue weighted by atomic mass is 10.2. The molecule has 72 valence electrons. The normalized spacial score (nSPS) is 8.93. The van der Waals surface area contributed by atoms with Gasteiger partial charge in [-0.15, -0.1) is 0 Å². The number of nitrogens with zero attached hydrogens (tertiary/aromatic N) is 1. The minimum absolute atomic E-state index is 0.0873. The minimum Gasteiger partial charge on any atom is -0.383 e. The molecule has 5 heteroatoms. The quantitative estimate of drug-likeness (QED) is 0.617. The van der Waals surface area contributed by atoms with E-state index >= 15 is 0 Å². The predicted octanol–water partition coefficient (Wildman–Crippen LogP) is 0.0298. The van der Waals surface area contributed by atoms with Gasteiger partial charge in [0.1, 0.15) is 11.6 Å². The molecule has 0 bridgehead atoms. The molecular formula is C9H8FN3O. The molecule has 0 aliphatic rings. The molecular weight excluding hydrogens is 185 g/mol. The monoisotopic (exact) mass is 193 g/mol. The first-order valence-electron chi connectivity index (χ1n) is 3.78. The molecule has 0 fully saturated rings. The van der Waals surface area contributed by atoms with Crippen molar-refractivity contribution in [2.75, 3.05) is 5.73 Å². The van der Waals surface area contributed by atoms with Crippen molar-refractivity contribution < 1.29 is 9.18 Å². The molecule has 0 saturated carbocycles. The standard InChI is InChI=1S/C9H8FN3O/c10-7-4-6(9(12)13-5-7)2-1-3-8(11)14/h4-5H,3H2,(H2,11,14)(H2,12,13). The number of carbonyl (C=O) groups excluding carboxylic acids is 1. The van der Waals surface area contributed by atoms with Gasteiger partial charge >= 0.3 is 0 Å². The second kappa shape index (κ2) is 4.23. The number of nitrogens with two attached hydrogens (primary N) is 2. The topological polar surface area (TPSA) is 82.0 Å². The summed E-state index contributed by atoms with van der Waals surface area (Å²) >= 11 is 0. The van der Waals surface area contributed by atoms with Crippen molar-refractivity contribution in [3.63, 3.8) is 0 Å². The second-order valence-electron chi connectivity index (χ2n) is 2.53. The van der Waals surface area contributed by atoms with Crippen molar-refractivity contribution in [2.24, 2.45) is 5.73 Å². The molecule has 0 atom stereocenters. The Labute approximate surface area is 80.1 Å². The van der Waals surface area contributed by atoms with Crippen LogP contribution < -0.4 is 11.5 Å². The van der Waals surface area contributed by atoms with E-state index in [1.165, 1.54) is 0 Å². The summed E-state index contributed by atoms with van der Waals surface area (Å²) in [5, 5.41) is 0. The van der Waals surface area contributed by atoms with Crippen LogP contribution in [0.15, 0.2) is 12.3 Å². The number of nitrogen functional groups attached to an aromatic ring is 1. The van der Waals surface area contributed by atoms with Gasteiger partial charge in [-0.25, -0.2) is 9.37 Å². The van der Waals surface area contributed by atoms with Crippen molar-refractivity contribution in [3.8, 4) is 11.8 Å². The maximum absolute atomic E-state index is 12.7. The van der Waals surface area contributed by atoms with Gasteiger partial charge in [-0.3, -0.25) is 4.79 Å². The van der Waals surface area contributed by atoms with Gasteiger partial charge in [0, 0.05) is 0 Å². The number of hydrogen-bond acceptors (Lipinski definition) is 3. The lowest BCUT2D eigenvalue weighted by molar-refractivity contribution is -0.117. The molecule has 14 heavy (non-hydrogen) atoms. The van der Waals surface area contributed by atoms with Crippen LogP contribution in [0, 0.1) is 17.7 Å². The summed E-state index contributed by atoms with van der Waals surface area (Å²) in [6.07, 6.45) is 0.907. The molecule has 0 radical (unpaired) electrons. The van der Waals surface area contributed by atoms with E-state index in [2.05, 4.69) is 16.8 Å². The minimum atomic E-state index is -0.541. The number of rotatable bonds is 1. The Hall–Kier alpha value is -2.09. The van der Waals surface area contributed by atoms with Gasteiger partial charge < -0.3 is 11.5 Å². The molecule has 4 N–H and O–H groups in total. The third-order valence-corrected chi connectivity index (χ3v) is 1.37. The SMILES string of the molecule is NC(=O)CC#Cc1cc(F)cnc1N. The number of pyridine rings is 1. The Kier molecular flexibility index (Phi) is 3.02. The summed E-state index contributed by atoms with van der Waals surface area (Å²) in [5.41, 5.74) is 10.5. The van der Waals surface area contributed by atoms with Crippen LogP contribution in [0.3, 0.4) is 0 Å². The summed E-state index contributed by atoms with van der Waals surface area (Å²) in [5.74, 6) is 4.03. The van der Waals surface area contributed by atoms with Crippen LogP contribution in [0.25, 0.3) is 0 Å². The highest BCUT2D eigenvalue weighted by Crippen LogP contribution is 2.07. The van der Waals surface area contributed by atoms with Crippen LogP contribution in [0.1, 0.15) is 12.0 Å². The summed E-state index contributed by atoms with van der Waals surface area (Å²) in [6.45, 7) is 0. The van der Waals surface area contributed by atoms with Gasteiger partial charge in [-0.1, -0.05) is 11.8 Å². The van der Waals surface area contributed by atoms with Crippen LogP contribution in [-0.4, -0.2) is 10.9 Å². The molecule has 0 aliphatic carbocycles. The van der Waals surface area contributed by atoms with Gasteiger partial charge in [0.15, 0.2) is 0 Å². The van der Waals surface area contributed by atoms with Crippen LogP contribution in [0.2, 0.25) is 0 Å². The molecule has 0 unspecified atom stereocenters. The van der Waals surface area contributed by atoms with Crippen molar-refractivity contribution in [3.05, 3.63) is 23.6 Å². The third-order valence-electron chi connectivity index (χ3n) is 1.37. The van der Waals surface area contributed by atoms with E-state index in [-0.39, 0.29) is 17.8 Å². The summed E-state index contributed by atoms with van der Waals surface area (Å²) in [6, 6.07) is 1.15. The molecule has 0 spiro atoms. The predicted molar refractivity (Wildman–Crippen MR) is 49.3 cm³/mol. The van der Waals surface area contributed by atoms with Gasteiger partial charge in [-0.2, -0.15) is 0 Å². The molecule has 1 amide bonds. The number of aromatic nitrogens is 1. The maximum Gasteiger partial charge on any atom is 0.229 e. The average molecular weight is 193 g/mol. The fourth-order valence-electron chi connectivity index (χ4n) is 0.777. The Balaban J connectivity index is 2.88. The molecule has 0 aliphatic heterocycles. The lowest BCUT2D eigenvalue weighted by Crippen LogP contribution is -2.08. The molecule has 1 heterocycles. The second-order valence-corrected chi connectivity index (χ2v) is 2.53. The van der Waals surface area contributed by atoms with Crippen molar-refractivity contribution in [2.45, 2.75) is 6.42 Å². The van der Waals surface area contributed by atoms with Crippen molar-refractivity contribution >= 4 is 11.7 Å². The van der Waals surface area contributed by atoms with Crippen LogP contribution in [-0.2, 0) is 4.79 Å². The van der Waals surface area contributed by atoms with Gasteiger partial charge in [0.2, 0.25) is 5.91 Å². The van der Waals surface area contributed by atoms with E-state index in [0.717, 1.165) is 12.3 Å². The lowest BCUT2D eigenvalue weighted by Gasteiger charge is -1.95. The summed E-state index contributed by atoms with van der Waals surface area (Å²) < 4.78 is 12.7. The Morgan fingerprint density at radius 2 is 2.36 bits per heavy atom. The number of primary amides is 1. The largest absolute Gasteiger partial charge is 0.383 e.